The van der Waals surface area contributed by atoms with Crippen LogP contribution in [0.4, 0.5) is 0 Å². The third-order valence-electron chi connectivity index (χ3n) is 4.62. The normalized spacial score (nSPS) is 27.7. The maximum absolute atomic E-state index is 12.6. The Morgan fingerprint density at radius 3 is 2.71 bits per heavy atom. The minimum atomic E-state index is -0.916. The van der Waals surface area contributed by atoms with Gasteiger partial charge in [0, 0.05) is 17.5 Å². The molecule has 0 bridgehead atoms. The molecule has 1 N–H and O–H groups in total. The lowest BCUT2D eigenvalue weighted by molar-refractivity contribution is -0.142. The molecule has 3 rings (SSSR count). The summed E-state index contributed by atoms with van der Waals surface area (Å²) < 4.78 is 0. The SMILES string of the molecule is CC(=O)c1csc(C(=O)N2CC3CCCC3C2C(=O)O)c1. The van der Waals surface area contributed by atoms with E-state index in [2.05, 4.69) is 0 Å². The fraction of sp³-hybridized carbons (Fsp3) is 0.533. The van der Waals surface area contributed by atoms with Gasteiger partial charge < -0.3 is 10.0 Å². The van der Waals surface area contributed by atoms with Crippen LogP contribution in [0.5, 0.6) is 0 Å². The highest BCUT2D eigenvalue weighted by Crippen LogP contribution is 2.43. The minimum Gasteiger partial charge on any atom is -0.480 e. The van der Waals surface area contributed by atoms with E-state index in [9.17, 15) is 19.5 Å². The number of likely N-dealkylation sites (tertiary alicyclic amines) is 1. The van der Waals surface area contributed by atoms with E-state index in [0.29, 0.717) is 22.9 Å². The van der Waals surface area contributed by atoms with Crippen molar-refractivity contribution in [2.24, 2.45) is 11.8 Å². The molecule has 0 spiro atoms. The molecule has 2 aliphatic rings. The van der Waals surface area contributed by atoms with Crippen molar-refractivity contribution in [3.63, 3.8) is 0 Å². The molecule has 2 heterocycles. The number of carbonyl (C=O) groups is 3. The van der Waals surface area contributed by atoms with E-state index < -0.39 is 12.0 Å². The van der Waals surface area contributed by atoms with E-state index in [1.807, 2.05) is 0 Å². The number of hydrogen-bond donors (Lipinski definition) is 1. The van der Waals surface area contributed by atoms with Crippen molar-refractivity contribution in [2.75, 3.05) is 6.54 Å². The summed E-state index contributed by atoms with van der Waals surface area (Å²) in [6.45, 7) is 1.98. The van der Waals surface area contributed by atoms with Crippen LogP contribution in [0.1, 0.15) is 46.2 Å². The lowest BCUT2D eigenvalue weighted by Crippen LogP contribution is -2.43. The molecule has 1 aliphatic heterocycles. The van der Waals surface area contributed by atoms with Crippen LogP contribution in [0, 0.1) is 11.8 Å². The quantitative estimate of drug-likeness (QED) is 0.869. The number of thiophene rings is 1. The van der Waals surface area contributed by atoms with Gasteiger partial charge in [0.25, 0.3) is 5.91 Å². The molecule has 1 saturated carbocycles. The first-order valence-electron chi connectivity index (χ1n) is 7.12. The van der Waals surface area contributed by atoms with Crippen molar-refractivity contribution in [2.45, 2.75) is 32.2 Å². The number of fused-ring (bicyclic) bond motifs is 1. The summed E-state index contributed by atoms with van der Waals surface area (Å²) in [5.74, 6) is -0.866. The zero-order chi connectivity index (χ0) is 15.1. The minimum absolute atomic E-state index is 0.0821. The molecule has 2 fully saturated rings. The largest absolute Gasteiger partial charge is 0.480 e. The summed E-state index contributed by atoms with van der Waals surface area (Å²) in [5, 5.41) is 11.1. The van der Waals surface area contributed by atoms with Gasteiger partial charge >= 0.3 is 5.97 Å². The Morgan fingerprint density at radius 1 is 1.33 bits per heavy atom. The molecule has 1 aromatic heterocycles. The monoisotopic (exact) mass is 307 g/mol. The van der Waals surface area contributed by atoms with Crippen LogP contribution in [-0.2, 0) is 4.79 Å². The Bertz CT molecular complexity index is 609. The number of amides is 1. The van der Waals surface area contributed by atoms with Gasteiger partial charge in [0.15, 0.2) is 5.78 Å². The fourth-order valence-corrected chi connectivity index (χ4v) is 4.51. The Balaban J connectivity index is 1.86. The van der Waals surface area contributed by atoms with Crippen molar-refractivity contribution < 1.29 is 19.5 Å². The number of ketones is 1. The number of hydrogen-bond acceptors (Lipinski definition) is 4. The third kappa shape index (κ3) is 2.37. The van der Waals surface area contributed by atoms with E-state index in [1.54, 1.807) is 11.4 Å². The lowest BCUT2D eigenvalue weighted by Gasteiger charge is -2.23. The van der Waals surface area contributed by atoms with E-state index in [1.165, 1.54) is 23.2 Å². The Labute approximate surface area is 126 Å². The van der Waals surface area contributed by atoms with Crippen LogP contribution >= 0.6 is 11.3 Å². The average Bonchev–Trinajstić information content (AvgIpc) is 3.11. The summed E-state index contributed by atoms with van der Waals surface area (Å²) in [5.41, 5.74) is 0.509. The predicted octanol–water partition coefficient (Wildman–Crippen LogP) is 2.28. The Morgan fingerprint density at radius 2 is 2.10 bits per heavy atom. The first-order valence-corrected chi connectivity index (χ1v) is 8.00. The Hall–Kier alpha value is -1.69. The fourth-order valence-electron chi connectivity index (χ4n) is 3.61. The molecule has 1 amide bonds. The van der Waals surface area contributed by atoms with Crippen molar-refractivity contribution in [3.8, 4) is 0 Å². The summed E-state index contributed by atoms with van der Waals surface area (Å²) in [4.78, 5) is 37.4. The van der Waals surface area contributed by atoms with Crippen LogP contribution in [0.25, 0.3) is 0 Å². The highest BCUT2D eigenvalue weighted by atomic mass is 32.1. The number of carbonyl (C=O) groups excluding carboxylic acids is 2. The zero-order valence-electron chi connectivity index (χ0n) is 11.7. The van der Waals surface area contributed by atoms with Crippen molar-refractivity contribution in [3.05, 3.63) is 21.9 Å². The molecule has 6 heteroatoms. The molecular formula is C15H17NO4S. The number of carboxylic acids is 1. The molecule has 112 valence electrons. The first-order chi connectivity index (χ1) is 9.99. The molecule has 0 radical (unpaired) electrons. The Kier molecular flexibility index (Phi) is 3.57. The van der Waals surface area contributed by atoms with Crippen LogP contribution in [0.3, 0.4) is 0 Å². The van der Waals surface area contributed by atoms with Gasteiger partial charge in [0.1, 0.15) is 6.04 Å². The zero-order valence-corrected chi connectivity index (χ0v) is 12.6. The lowest BCUT2D eigenvalue weighted by atomic mass is 9.94. The molecule has 3 unspecified atom stereocenters. The van der Waals surface area contributed by atoms with E-state index >= 15 is 0 Å². The summed E-state index contributed by atoms with van der Waals surface area (Å²) in [7, 11) is 0. The second-order valence-corrected chi connectivity index (χ2v) is 6.76. The molecular weight excluding hydrogens is 290 g/mol. The second kappa shape index (κ2) is 5.26. The van der Waals surface area contributed by atoms with Gasteiger partial charge in [-0.15, -0.1) is 11.3 Å². The van der Waals surface area contributed by atoms with Gasteiger partial charge in [0.2, 0.25) is 0 Å². The number of carboxylic acid groups (broad SMARTS) is 1. The number of rotatable bonds is 3. The first kappa shape index (κ1) is 14.3. The molecule has 5 nitrogen and oxygen atoms in total. The smallest absolute Gasteiger partial charge is 0.326 e. The van der Waals surface area contributed by atoms with Gasteiger partial charge in [-0.2, -0.15) is 0 Å². The molecule has 3 atom stereocenters. The van der Waals surface area contributed by atoms with Crippen molar-refractivity contribution in [1.29, 1.82) is 0 Å². The molecule has 21 heavy (non-hydrogen) atoms. The van der Waals surface area contributed by atoms with Crippen molar-refractivity contribution in [1.82, 2.24) is 4.90 Å². The van der Waals surface area contributed by atoms with Crippen LogP contribution in [0.15, 0.2) is 11.4 Å². The standard InChI is InChI=1S/C15H17NO4S/c1-8(17)10-5-12(21-7-10)14(18)16-6-9-3-2-4-11(9)13(16)15(19)20/h5,7,9,11,13H,2-4,6H2,1H3,(H,19,20). The molecule has 1 saturated heterocycles. The summed E-state index contributed by atoms with van der Waals surface area (Å²) >= 11 is 1.21. The number of aliphatic carboxylic acids is 1. The third-order valence-corrected chi connectivity index (χ3v) is 5.54. The van der Waals surface area contributed by atoms with Gasteiger partial charge in [-0.3, -0.25) is 9.59 Å². The van der Waals surface area contributed by atoms with Crippen LogP contribution in [0.2, 0.25) is 0 Å². The summed E-state index contributed by atoms with van der Waals surface area (Å²) in [6, 6.07) is 0.857. The number of nitrogens with zero attached hydrogens (tertiary/aromatic N) is 1. The van der Waals surface area contributed by atoms with Gasteiger partial charge in [-0.25, -0.2) is 4.79 Å². The average molecular weight is 307 g/mol. The highest BCUT2D eigenvalue weighted by Gasteiger charge is 2.49. The van der Waals surface area contributed by atoms with Crippen molar-refractivity contribution >= 4 is 29.0 Å². The van der Waals surface area contributed by atoms with Crippen LogP contribution in [-0.4, -0.2) is 40.3 Å². The molecule has 0 aromatic carbocycles. The predicted molar refractivity (Wildman–Crippen MR) is 77.6 cm³/mol. The van der Waals surface area contributed by atoms with E-state index in [-0.39, 0.29) is 17.6 Å². The summed E-state index contributed by atoms with van der Waals surface area (Å²) in [6.07, 6.45) is 2.94. The van der Waals surface area contributed by atoms with Crippen LogP contribution < -0.4 is 0 Å². The van der Waals surface area contributed by atoms with Gasteiger partial charge in [-0.1, -0.05) is 6.42 Å². The van der Waals surface area contributed by atoms with Gasteiger partial charge in [0.05, 0.1) is 4.88 Å². The van der Waals surface area contributed by atoms with Gasteiger partial charge in [-0.05, 0) is 37.7 Å². The van der Waals surface area contributed by atoms with E-state index in [0.717, 1.165) is 19.3 Å². The molecule has 1 aliphatic carbocycles. The number of Topliss-reactive ketones (excluding diaryl/α,β-unsaturated/α-hetero) is 1. The highest BCUT2D eigenvalue weighted by molar-refractivity contribution is 7.12. The topological polar surface area (TPSA) is 74.7 Å². The van der Waals surface area contributed by atoms with E-state index in [4.69, 9.17) is 0 Å². The maximum Gasteiger partial charge on any atom is 0.326 e. The molecule has 1 aromatic rings. The second-order valence-electron chi connectivity index (χ2n) is 5.85. The maximum atomic E-state index is 12.6.